The molecule has 0 aliphatic carbocycles. The quantitative estimate of drug-likeness (QED) is 0.725. The van der Waals surface area contributed by atoms with E-state index in [2.05, 4.69) is 29.4 Å². The zero-order valence-electron chi connectivity index (χ0n) is 11.9. The van der Waals surface area contributed by atoms with E-state index in [0.717, 1.165) is 46.2 Å². The lowest BCUT2D eigenvalue weighted by atomic mass is 10.1. The van der Waals surface area contributed by atoms with Crippen molar-refractivity contribution in [3.05, 3.63) is 53.5 Å². The maximum atomic E-state index is 5.72. The molecule has 2 heterocycles. The van der Waals surface area contributed by atoms with Gasteiger partial charge in [0.15, 0.2) is 0 Å². The van der Waals surface area contributed by atoms with E-state index in [0.29, 0.717) is 0 Å². The van der Waals surface area contributed by atoms with Crippen molar-refractivity contribution in [2.75, 3.05) is 5.73 Å². The summed E-state index contributed by atoms with van der Waals surface area (Å²) in [6, 6.07) is 13.9. The monoisotopic (exact) mass is 295 g/mol. The van der Waals surface area contributed by atoms with E-state index in [1.807, 2.05) is 30.3 Å². The first-order chi connectivity index (χ1) is 10.3. The molecule has 0 aliphatic rings. The van der Waals surface area contributed by atoms with Gasteiger partial charge in [-0.05, 0) is 30.7 Å². The number of benzene rings is 1. The second-order valence-corrected chi connectivity index (χ2v) is 5.78. The Labute approximate surface area is 128 Å². The zero-order valence-corrected chi connectivity index (χ0v) is 12.7. The second kappa shape index (κ2) is 6.06. The van der Waals surface area contributed by atoms with E-state index in [1.54, 1.807) is 11.3 Å². The standard InChI is InChI=1S/C17H17N3S/c1-2-4-14-5-3-6-15(19-14)17-20-16(11-21-17)12-7-9-13(18)10-8-12/h3,5-11H,2,4,18H2,1H3. The maximum Gasteiger partial charge on any atom is 0.142 e. The van der Waals surface area contributed by atoms with Crippen molar-refractivity contribution >= 4 is 17.0 Å². The fourth-order valence-electron chi connectivity index (χ4n) is 2.17. The number of nitrogen functional groups attached to an aromatic ring is 1. The highest BCUT2D eigenvalue weighted by molar-refractivity contribution is 7.13. The Morgan fingerprint density at radius 3 is 2.57 bits per heavy atom. The molecule has 4 heteroatoms. The molecule has 2 N–H and O–H groups in total. The van der Waals surface area contributed by atoms with Gasteiger partial charge < -0.3 is 5.73 Å². The van der Waals surface area contributed by atoms with E-state index in [9.17, 15) is 0 Å². The molecule has 3 aromatic rings. The average Bonchev–Trinajstić information content (AvgIpc) is 2.98. The van der Waals surface area contributed by atoms with Crippen molar-refractivity contribution in [2.45, 2.75) is 19.8 Å². The predicted octanol–water partition coefficient (Wildman–Crippen LogP) is 4.41. The maximum absolute atomic E-state index is 5.72. The Balaban J connectivity index is 1.91. The number of nitrogens with zero attached hydrogens (tertiary/aromatic N) is 2. The second-order valence-electron chi connectivity index (χ2n) is 4.92. The molecule has 0 aliphatic heterocycles. The molecule has 0 saturated heterocycles. The van der Waals surface area contributed by atoms with Gasteiger partial charge in [0.05, 0.1) is 11.4 Å². The van der Waals surface area contributed by atoms with Crippen molar-refractivity contribution in [1.82, 2.24) is 9.97 Å². The van der Waals surface area contributed by atoms with Crippen LogP contribution in [0.4, 0.5) is 5.69 Å². The first-order valence-electron chi connectivity index (χ1n) is 7.04. The van der Waals surface area contributed by atoms with Gasteiger partial charge in [0.1, 0.15) is 5.01 Å². The normalized spacial score (nSPS) is 10.7. The topological polar surface area (TPSA) is 51.8 Å². The van der Waals surface area contributed by atoms with Crippen LogP contribution in [0.2, 0.25) is 0 Å². The summed E-state index contributed by atoms with van der Waals surface area (Å²) in [6.07, 6.45) is 2.11. The van der Waals surface area contributed by atoms with Crippen LogP contribution in [-0.4, -0.2) is 9.97 Å². The van der Waals surface area contributed by atoms with E-state index < -0.39 is 0 Å². The number of rotatable bonds is 4. The molecule has 1 aromatic carbocycles. The molecule has 0 spiro atoms. The fraction of sp³-hybridized carbons (Fsp3) is 0.176. The van der Waals surface area contributed by atoms with Gasteiger partial charge in [-0.3, -0.25) is 4.98 Å². The lowest BCUT2D eigenvalue weighted by molar-refractivity contribution is 0.884. The van der Waals surface area contributed by atoms with Crippen molar-refractivity contribution < 1.29 is 0 Å². The summed E-state index contributed by atoms with van der Waals surface area (Å²) in [5.74, 6) is 0. The van der Waals surface area contributed by atoms with Gasteiger partial charge in [-0.15, -0.1) is 11.3 Å². The van der Waals surface area contributed by atoms with Crippen LogP contribution in [-0.2, 0) is 6.42 Å². The van der Waals surface area contributed by atoms with Gasteiger partial charge in [-0.1, -0.05) is 31.5 Å². The van der Waals surface area contributed by atoms with Gasteiger partial charge in [0.25, 0.3) is 0 Å². The molecule has 21 heavy (non-hydrogen) atoms. The van der Waals surface area contributed by atoms with Crippen LogP contribution in [0, 0.1) is 0 Å². The third kappa shape index (κ3) is 3.11. The van der Waals surface area contributed by atoms with Crippen LogP contribution in [0.15, 0.2) is 47.8 Å². The largest absolute Gasteiger partial charge is 0.399 e. The molecule has 106 valence electrons. The van der Waals surface area contributed by atoms with Crippen LogP contribution in [0.1, 0.15) is 19.0 Å². The van der Waals surface area contributed by atoms with E-state index >= 15 is 0 Å². The summed E-state index contributed by atoms with van der Waals surface area (Å²) in [5, 5.41) is 3.02. The van der Waals surface area contributed by atoms with Crippen LogP contribution in [0.25, 0.3) is 22.0 Å². The molecular formula is C17H17N3S. The Morgan fingerprint density at radius 1 is 1.00 bits per heavy atom. The van der Waals surface area contributed by atoms with Crippen LogP contribution < -0.4 is 5.73 Å². The molecular weight excluding hydrogens is 278 g/mol. The minimum absolute atomic E-state index is 0.767. The first kappa shape index (κ1) is 13.8. The number of hydrogen-bond donors (Lipinski definition) is 1. The van der Waals surface area contributed by atoms with Crippen LogP contribution in [0.3, 0.4) is 0 Å². The number of aromatic nitrogens is 2. The summed E-state index contributed by atoms with van der Waals surface area (Å²) in [7, 11) is 0. The van der Waals surface area contributed by atoms with E-state index in [1.165, 1.54) is 0 Å². The molecule has 0 radical (unpaired) electrons. The molecule has 0 fully saturated rings. The molecule has 0 bridgehead atoms. The van der Waals surface area contributed by atoms with Gasteiger partial charge in [-0.2, -0.15) is 0 Å². The van der Waals surface area contributed by atoms with E-state index in [4.69, 9.17) is 10.7 Å². The van der Waals surface area contributed by atoms with Crippen molar-refractivity contribution in [3.63, 3.8) is 0 Å². The molecule has 2 aromatic heterocycles. The highest BCUT2D eigenvalue weighted by Crippen LogP contribution is 2.28. The van der Waals surface area contributed by atoms with Gasteiger partial charge in [0, 0.05) is 22.3 Å². The molecule has 3 nitrogen and oxygen atoms in total. The fourth-order valence-corrected chi connectivity index (χ4v) is 2.97. The number of pyridine rings is 1. The minimum Gasteiger partial charge on any atom is -0.399 e. The summed E-state index contributed by atoms with van der Waals surface area (Å²) in [5.41, 5.74) is 10.6. The van der Waals surface area contributed by atoms with Gasteiger partial charge in [0.2, 0.25) is 0 Å². The Bertz CT molecular complexity index is 732. The molecule has 3 rings (SSSR count). The number of aryl methyl sites for hydroxylation is 1. The molecule has 0 atom stereocenters. The van der Waals surface area contributed by atoms with E-state index in [-0.39, 0.29) is 0 Å². The summed E-state index contributed by atoms with van der Waals surface area (Å²) in [4.78, 5) is 9.38. The Hall–Kier alpha value is -2.20. The zero-order chi connectivity index (χ0) is 14.7. The third-order valence-electron chi connectivity index (χ3n) is 3.24. The Morgan fingerprint density at radius 2 is 1.81 bits per heavy atom. The van der Waals surface area contributed by atoms with Gasteiger partial charge >= 0.3 is 0 Å². The number of nitrogens with two attached hydrogens (primary N) is 1. The number of anilines is 1. The van der Waals surface area contributed by atoms with Gasteiger partial charge in [-0.25, -0.2) is 4.98 Å². The first-order valence-corrected chi connectivity index (χ1v) is 7.92. The molecule has 0 saturated carbocycles. The highest BCUT2D eigenvalue weighted by atomic mass is 32.1. The average molecular weight is 295 g/mol. The predicted molar refractivity (Wildman–Crippen MR) is 89.2 cm³/mol. The summed E-state index contributed by atoms with van der Waals surface area (Å²) in [6.45, 7) is 2.16. The van der Waals surface area contributed by atoms with Crippen molar-refractivity contribution in [2.24, 2.45) is 0 Å². The van der Waals surface area contributed by atoms with Crippen LogP contribution >= 0.6 is 11.3 Å². The summed E-state index contributed by atoms with van der Waals surface area (Å²) < 4.78 is 0. The minimum atomic E-state index is 0.767. The number of thiazole rings is 1. The SMILES string of the molecule is CCCc1cccc(-c2nc(-c3ccc(N)cc3)cs2)n1. The summed E-state index contributed by atoms with van der Waals surface area (Å²) >= 11 is 1.62. The smallest absolute Gasteiger partial charge is 0.142 e. The molecule has 0 unspecified atom stereocenters. The Kier molecular flexibility index (Phi) is 3.97. The van der Waals surface area contributed by atoms with Crippen LogP contribution in [0.5, 0.6) is 0 Å². The van der Waals surface area contributed by atoms with Crippen molar-refractivity contribution in [3.8, 4) is 22.0 Å². The van der Waals surface area contributed by atoms with Crippen molar-refractivity contribution in [1.29, 1.82) is 0 Å². The lowest BCUT2D eigenvalue weighted by Crippen LogP contribution is -1.91. The lowest BCUT2D eigenvalue weighted by Gasteiger charge is -2.01. The molecule has 0 amide bonds. The third-order valence-corrected chi connectivity index (χ3v) is 4.11. The highest BCUT2D eigenvalue weighted by Gasteiger charge is 2.08. The number of hydrogen-bond acceptors (Lipinski definition) is 4.